The van der Waals surface area contributed by atoms with Crippen molar-refractivity contribution in [2.45, 2.75) is 0 Å². The van der Waals surface area contributed by atoms with Crippen LogP contribution in [-0.2, 0) is 0 Å². The van der Waals surface area contributed by atoms with Gasteiger partial charge in [-0.15, -0.1) is 0 Å². The van der Waals surface area contributed by atoms with Gasteiger partial charge >= 0.3 is 0 Å². The van der Waals surface area contributed by atoms with Crippen LogP contribution in [0, 0.1) is 15.9 Å². The zero-order chi connectivity index (χ0) is 14.0. The Hall–Kier alpha value is -2.34. The van der Waals surface area contributed by atoms with Crippen LogP contribution in [0.15, 0.2) is 36.4 Å². The minimum Gasteiger partial charge on any atom is -0.393 e. The number of nitrogens with zero attached hydrogens (tertiary/aromatic N) is 1. The molecular weight excluding hydrogens is 273 g/mol. The van der Waals surface area contributed by atoms with Crippen molar-refractivity contribution >= 4 is 34.4 Å². The molecule has 98 valence electrons. The molecule has 0 bridgehead atoms. The van der Waals surface area contributed by atoms with Crippen LogP contribution in [0.5, 0.6) is 0 Å². The summed E-state index contributed by atoms with van der Waals surface area (Å²) in [5.41, 5.74) is 6.54. The summed E-state index contributed by atoms with van der Waals surface area (Å²) in [6, 6.07) is 8.36. The van der Waals surface area contributed by atoms with Gasteiger partial charge in [0.05, 0.1) is 9.95 Å². The van der Waals surface area contributed by atoms with E-state index in [0.29, 0.717) is 11.4 Å². The Morgan fingerprint density at radius 2 is 1.84 bits per heavy atom. The maximum absolute atomic E-state index is 13.0. The zero-order valence-corrected chi connectivity index (χ0v) is 10.3. The summed E-state index contributed by atoms with van der Waals surface area (Å²) in [7, 11) is 0. The van der Waals surface area contributed by atoms with Crippen LogP contribution in [0.25, 0.3) is 0 Å². The van der Waals surface area contributed by atoms with Crippen LogP contribution >= 0.6 is 11.6 Å². The molecule has 2 aromatic carbocycles. The molecule has 0 aliphatic rings. The SMILES string of the molecule is Nc1cc(Nc2ccc(F)c(Cl)c2)ccc1[N+](=O)[O-]. The number of rotatable bonds is 3. The van der Waals surface area contributed by atoms with Crippen LogP contribution in [0.2, 0.25) is 5.02 Å². The fraction of sp³-hybridized carbons (Fsp3) is 0. The number of nitro benzene ring substituents is 1. The van der Waals surface area contributed by atoms with Gasteiger partial charge in [-0.1, -0.05) is 11.6 Å². The van der Waals surface area contributed by atoms with Crippen LogP contribution in [0.1, 0.15) is 0 Å². The van der Waals surface area contributed by atoms with Crippen LogP contribution in [0.3, 0.4) is 0 Å². The van der Waals surface area contributed by atoms with Gasteiger partial charge in [0.15, 0.2) is 0 Å². The standard InChI is InChI=1S/C12H9ClFN3O2/c13-9-5-7(1-3-10(9)14)16-8-2-4-12(17(18)19)11(15)6-8/h1-6,16H,15H2. The summed E-state index contributed by atoms with van der Waals surface area (Å²) < 4.78 is 13.0. The summed E-state index contributed by atoms with van der Waals surface area (Å²) in [6.45, 7) is 0. The average Bonchev–Trinajstić information content (AvgIpc) is 2.33. The number of nitro groups is 1. The number of hydrogen-bond donors (Lipinski definition) is 2. The molecule has 0 radical (unpaired) electrons. The largest absolute Gasteiger partial charge is 0.393 e. The number of halogens is 2. The van der Waals surface area contributed by atoms with E-state index < -0.39 is 10.7 Å². The highest BCUT2D eigenvalue weighted by Crippen LogP contribution is 2.28. The lowest BCUT2D eigenvalue weighted by molar-refractivity contribution is -0.383. The first-order chi connectivity index (χ1) is 8.97. The van der Waals surface area contributed by atoms with E-state index in [2.05, 4.69) is 5.32 Å². The van der Waals surface area contributed by atoms with E-state index in [1.807, 2.05) is 0 Å². The average molecular weight is 282 g/mol. The first-order valence-corrected chi connectivity index (χ1v) is 5.61. The summed E-state index contributed by atoms with van der Waals surface area (Å²) in [6.07, 6.45) is 0. The van der Waals surface area contributed by atoms with Crippen molar-refractivity contribution in [3.05, 3.63) is 57.4 Å². The van der Waals surface area contributed by atoms with Crippen molar-refractivity contribution in [3.8, 4) is 0 Å². The number of nitrogens with one attached hydrogen (secondary N) is 1. The van der Waals surface area contributed by atoms with Crippen molar-refractivity contribution in [2.75, 3.05) is 11.1 Å². The third kappa shape index (κ3) is 2.92. The summed E-state index contributed by atoms with van der Waals surface area (Å²) in [5.74, 6) is -0.518. The van der Waals surface area contributed by atoms with Gasteiger partial charge in [-0.05, 0) is 30.3 Å². The van der Waals surface area contributed by atoms with E-state index >= 15 is 0 Å². The molecular formula is C12H9ClFN3O2. The summed E-state index contributed by atoms with van der Waals surface area (Å²) >= 11 is 5.65. The highest BCUT2D eigenvalue weighted by molar-refractivity contribution is 6.31. The number of nitrogens with two attached hydrogens (primary N) is 1. The van der Waals surface area contributed by atoms with E-state index in [1.165, 1.54) is 36.4 Å². The van der Waals surface area contributed by atoms with Crippen molar-refractivity contribution < 1.29 is 9.31 Å². The van der Waals surface area contributed by atoms with Crippen molar-refractivity contribution in [1.82, 2.24) is 0 Å². The molecule has 7 heteroatoms. The van der Waals surface area contributed by atoms with E-state index in [-0.39, 0.29) is 16.4 Å². The number of hydrogen-bond acceptors (Lipinski definition) is 4. The van der Waals surface area contributed by atoms with E-state index in [9.17, 15) is 14.5 Å². The molecule has 0 unspecified atom stereocenters. The molecule has 0 aliphatic heterocycles. The molecule has 0 heterocycles. The molecule has 0 saturated carbocycles. The minimum atomic E-state index is -0.562. The molecule has 5 nitrogen and oxygen atoms in total. The van der Waals surface area contributed by atoms with Crippen LogP contribution in [-0.4, -0.2) is 4.92 Å². The lowest BCUT2D eigenvalue weighted by Crippen LogP contribution is -1.97. The van der Waals surface area contributed by atoms with Gasteiger partial charge in [0.2, 0.25) is 0 Å². The molecule has 0 aliphatic carbocycles. The smallest absolute Gasteiger partial charge is 0.292 e. The molecule has 0 atom stereocenters. The number of anilines is 3. The van der Waals surface area contributed by atoms with E-state index in [4.69, 9.17) is 17.3 Å². The number of benzene rings is 2. The summed E-state index contributed by atoms with van der Waals surface area (Å²) in [5, 5.41) is 13.5. The second-order valence-corrected chi connectivity index (χ2v) is 4.19. The Balaban J connectivity index is 2.26. The second kappa shape index (κ2) is 5.11. The Kier molecular flexibility index (Phi) is 3.52. The van der Waals surface area contributed by atoms with E-state index in [1.54, 1.807) is 0 Å². The van der Waals surface area contributed by atoms with Gasteiger partial charge in [0.25, 0.3) is 5.69 Å². The van der Waals surface area contributed by atoms with Crippen LogP contribution < -0.4 is 11.1 Å². The van der Waals surface area contributed by atoms with Gasteiger partial charge in [-0.3, -0.25) is 10.1 Å². The first-order valence-electron chi connectivity index (χ1n) is 5.23. The zero-order valence-electron chi connectivity index (χ0n) is 9.56. The monoisotopic (exact) mass is 281 g/mol. The van der Waals surface area contributed by atoms with Gasteiger partial charge in [-0.2, -0.15) is 0 Å². The van der Waals surface area contributed by atoms with Gasteiger partial charge < -0.3 is 11.1 Å². The van der Waals surface area contributed by atoms with Crippen molar-refractivity contribution in [3.63, 3.8) is 0 Å². The molecule has 0 fully saturated rings. The highest BCUT2D eigenvalue weighted by atomic mass is 35.5. The number of nitrogen functional groups attached to an aromatic ring is 1. The Morgan fingerprint density at radius 3 is 2.42 bits per heavy atom. The van der Waals surface area contributed by atoms with Crippen molar-refractivity contribution in [2.24, 2.45) is 0 Å². The topological polar surface area (TPSA) is 81.2 Å². The molecule has 0 saturated heterocycles. The Labute approximate surface area is 113 Å². The molecule has 0 aromatic heterocycles. The maximum Gasteiger partial charge on any atom is 0.292 e. The lowest BCUT2D eigenvalue weighted by atomic mass is 10.2. The minimum absolute atomic E-state index is 0.0140. The van der Waals surface area contributed by atoms with Gasteiger partial charge in [0.1, 0.15) is 11.5 Å². The Morgan fingerprint density at radius 1 is 1.21 bits per heavy atom. The second-order valence-electron chi connectivity index (χ2n) is 3.78. The third-order valence-corrected chi connectivity index (χ3v) is 2.72. The van der Waals surface area contributed by atoms with Crippen LogP contribution in [0.4, 0.5) is 27.1 Å². The third-order valence-electron chi connectivity index (χ3n) is 2.43. The molecule has 19 heavy (non-hydrogen) atoms. The predicted molar refractivity (Wildman–Crippen MR) is 72.2 cm³/mol. The lowest BCUT2D eigenvalue weighted by Gasteiger charge is -2.08. The van der Waals surface area contributed by atoms with Crippen molar-refractivity contribution in [1.29, 1.82) is 0 Å². The molecule has 0 amide bonds. The maximum atomic E-state index is 13.0. The highest BCUT2D eigenvalue weighted by Gasteiger charge is 2.11. The normalized spacial score (nSPS) is 10.2. The predicted octanol–water partition coefficient (Wildman–Crippen LogP) is 3.71. The molecule has 0 spiro atoms. The first kappa shape index (κ1) is 13.1. The Bertz CT molecular complexity index is 649. The molecule has 3 N–H and O–H groups in total. The van der Waals surface area contributed by atoms with Gasteiger partial charge in [-0.25, -0.2) is 4.39 Å². The summed E-state index contributed by atoms with van der Waals surface area (Å²) in [4.78, 5) is 10.1. The molecule has 2 aromatic rings. The fourth-order valence-electron chi connectivity index (χ4n) is 1.54. The fourth-order valence-corrected chi connectivity index (χ4v) is 1.72. The van der Waals surface area contributed by atoms with E-state index in [0.717, 1.165) is 0 Å². The van der Waals surface area contributed by atoms with Gasteiger partial charge in [0, 0.05) is 17.4 Å². The quantitative estimate of drug-likeness (QED) is 0.510. The molecule has 2 rings (SSSR count).